The smallest absolute Gasteiger partial charge is 0.257 e. The molecule has 30 heavy (non-hydrogen) atoms. The highest BCUT2D eigenvalue weighted by Crippen LogP contribution is 2.23. The quantitative estimate of drug-likeness (QED) is 0.569. The molecule has 1 amide bonds. The predicted octanol–water partition coefficient (Wildman–Crippen LogP) is 3.95. The lowest BCUT2D eigenvalue weighted by molar-refractivity contribution is 0.102. The number of nitrogens with zero attached hydrogens (tertiary/aromatic N) is 1. The standard InChI is InChI=1S/C20H19F2N3O3S2/c1-12(2)25-30(27,28)17-7-4-13(5-8-17)19(26)24-20-23-11-16(29-20)9-14-3-6-15(21)10-18(14)22/h3-8,10-12,25H,9H2,1-2H3,(H,23,24,26). The van der Waals surface area contributed by atoms with Gasteiger partial charge in [-0.2, -0.15) is 0 Å². The molecule has 10 heteroatoms. The van der Waals surface area contributed by atoms with E-state index in [0.29, 0.717) is 15.6 Å². The average Bonchev–Trinajstić information content (AvgIpc) is 3.10. The number of benzene rings is 2. The molecule has 2 N–H and O–H groups in total. The van der Waals surface area contributed by atoms with E-state index in [1.165, 1.54) is 53.9 Å². The van der Waals surface area contributed by atoms with Gasteiger partial charge in [0.15, 0.2) is 5.13 Å². The number of sulfonamides is 1. The SMILES string of the molecule is CC(C)NS(=O)(=O)c1ccc(C(=O)Nc2ncc(Cc3ccc(F)cc3F)s2)cc1. The van der Waals surface area contributed by atoms with Crippen molar-refractivity contribution in [2.75, 3.05) is 5.32 Å². The predicted molar refractivity (Wildman–Crippen MR) is 111 cm³/mol. The normalized spacial score (nSPS) is 11.6. The van der Waals surface area contributed by atoms with Crippen molar-refractivity contribution in [3.05, 3.63) is 76.3 Å². The number of hydrogen-bond donors (Lipinski definition) is 2. The number of hydrogen-bond acceptors (Lipinski definition) is 5. The van der Waals surface area contributed by atoms with Crippen LogP contribution in [0.25, 0.3) is 0 Å². The van der Waals surface area contributed by atoms with Crippen molar-refractivity contribution in [3.8, 4) is 0 Å². The minimum Gasteiger partial charge on any atom is -0.298 e. The molecule has 0 fully saturated rings. The fourth-order valence-electron chi connectivity index (χ4n) is 2.63. The van der Waals surface area contributed by atoms with E-state index in [-0.39, 0.29) is 22.9 Å². The molecule has 0 aliphatic rings. The molecule has 158 valence electrons. The zero-order chi connectivity index (χ0) is 21.9. The van der Waals surface area contributed by atoms with Crippen molar-refractivity contribution in [2.24, 2.45) is 0 Å². The number of carbonyl (C=O) groups is 1. The van der Waals surface area contributed by atoms with Crippen molar-refractivity contribution < 1.29 is 22.0 Å². The lowest BCUT2D eigenvalue weighted by Gasteiger charge is -2.10. The molecule has 0 radical (unpaired) electrons. The molecule has 0 atom stereocenters. The summed E-state index contributed by atoms with van der Waals surface area (Å²) in [6.07, 6.45) is 1.73. The molecule has 1 heterocycles. The number of aromatic nitrogens is 1. The highest BCUT2D eigenvalue weighted by molar-refractivity contribution is 7.89. The van der Waals surface area contributed by atoms with Gasteiger partial charge in [0, 0.05) is 35.2 Å². The van der Waals surface area contributed by atoms with E-state index in [1.54, 1.807) is 13.8 Å². The van der Waals surface area contributed by atoms with Crippen LogP contribution in [-0.2, 0) is 16.4 Å². The number of amides is 1. The van der Waals surface area contributed by atoms with E-state index in [4.69, 9.17) is 0 Å². The Bertz CT molecular complexity index is 1160. The molecule has 0 bridgehead atoms. The summed E-state index contributed by atoms with van der Waals surface area (Å²) in [5.74, 6) is -1.74. The molecule has 3 aromatic rings. The van der Waals surface area contributed by atoms with Gasteiger partial charge < -0.3 is 0 Å². The van der Waals surface area contributed by atoms with Gasteiger partial charge in [0.1, 0.15) is 11.6 Å². The minimum absolute atomic E-state index is 0.0607. The van der Waals surface area contributed by atoms with E-state index in [0.717, 1.165) is 6.07 Å². The van der Waals surface area contributed by atoms with E-state index in [9.17, 15) is 22.0 Å². The molecule has 6 nitrogen and oxygen atoms in total. The number of nitrogens with one attached hydrogen (secondary N) is 2. The van der Waals surface area contributed by atoms with Gasteiger partial charge in [-0.15, -0.1) is 11.3 Å². The second-order valence-electron chi connectivity index (χ2n) is 6.80. The van der Waals surface area contributed by atoms with Crippen LogP contribution >= 0.6 is 11.3 Å². The number of thiazole rings is 1. The van der Waals surface area contributed by atoms with Gasteiger partial charge in [-0.1, -0.05) is 6.07 Å². The summed E-state index contributed by atoms with van der Waals surface area (Å²) in [7, 11) is -3.64. The third-order valence-corrected chi connectivity index (χ3v) is 6.56. The molecule has 2 aromatic carbocycles. The van der Waals surface area contributed by atoms with Gasteiger partial charge in [0.2, 0.25) is 10.0 Å². The maximum absolute atomic E-state index is 13.8. The summed E-state index contributed by atoms with van der Waals surface area (Å²) in [6.45, 7) is 3.43. The fourth-order valence-corrected chi connectivity index (χ4v) is 4.71. The maximum Gasteiger partial charge on any atom is 0.257 e. The van der Waals surface area contributed by atoms with Crippen LogP contribution in [0.4, 0.5) is 13.9 Å². The van der Waals surface area contributed by atoms with Gasteiger partial charge in [-0.05, 0) is 49.7 Å². The summed E-state index contributed by atoms with van der Waals surface area (Å²) >= 11 is 1.17. The van der Waals surface area contributed by atoms with Crippen LogP contribution in [0.15, 0.2) is 53.6 Å². The van der Waals surface area contributed by atoms with Crippen LogP contribution in [0.5, 0.6) is 0 Å². The first-order valence-corrected chi connectivity index (χ1v) is 11.3. The molecule has 0 saturated heterocycles. The van der Waals surface area contributed by atoms with Crippen LogP contribution < -0.4 is 10.0 Å². The fraction of sp³-hybridized carbons (Fsp3) is 0.200. The lowest BCUT2D eigenvalue weighted by Crippen LogP contribution is -2.30. The van der Waals surface area contributed by atoms with Crippen LogP contribution in [0.1, 0.15) is 34.6 Å². The molecule has 3 rings (SSSR count). The first kappa shape index (κ1) is 22.0. The summed E-state index contributed by atoms with van der Waals surface area (Å²) in [5, 5.41) is 2.94. The molecule has 0 aliphatic heterocycles. The zero-order valence-corrected chi connectivity index (χ0v) is 17.8. The molecule has 0 spiro atoms. The molecular weight excluding hydrogens is 432 g/mol. The average molecular weight is 452 g/mol. The van der Waals surface area contributed by atoms with Gasteiger partial charge in [0.05, 0.1) is 4.90 Å². The summed E-state index contributed by atoms with van der Waals surface area (Å²) in [5.41, 5.74) is 0.588. The Morgan fingerprint density at radius 1 is 1.13 bits per heavy atom. The third-order valence-electron chi connectivity index (χ3n) is 3.97. The molecule has 0 aliphatic carbocycles. The van der Waals surface area contributed by atoms with Crippen molar-refractivity contribution in [1.82, 2.24) is 9.71 Å². The number of rotatable bonds is 7. The molecule has 0 unspecified atom stereocenters. The largest absolute Gasteiger partial charge is 0.298 e. The topological polar surface area (TPSA) is 88.2 Å². The summed E-state index contributed by atoms with van der Waals surface area (Å²) < 4.78 is 53.5. The molecule has 1 aromatic heterocycles. The lowest BCUT2D eigenvalue weighted by atomic mass is 10.1. The number of anilines is 1. The van der Waals surface area contributed by atoms with E-state index >= 15 is 0 Å². The van der Waals surface area contributed by atoms with Gasteiger partial charge in [-0.3, -0.25) is 10.1 Å². The number of halogens is 2. The van der Waals surface area contributed by atoms with Gasteiger partial charge in [0.25, 0.3) is 5.91 Å². The summed E-state index contributed by atoms with van der Waals surface area (Å²) in [4.78, 5) is 17.3. The van der Waals surface area contributed by atoms with E-state index in [1.807, 2.05) is 0 Å². The first-order chi connectivity index (χ1) is 14.1. The van der Waals surface area contributed by atoms with Crippen molar-refractivity contribution in [1.29, 1.82) is 0 Å². The Morgan fingerprint density at radius 2 is 1.83 bits per heavy atom. The van der Waals surface area contributed by atoms with Crippen molar-refractivity contribution >= 4 is 32.4 Å². The Kier molecular flexibility index (Phi) is 6.59. The third kappa shape index (κ3) is 5.47. The maximum atomic E-state index is 13.8. The Morgan fingerprint density at radius 3 is 2.47 bits per heavy atom. The molecular formula is C20H19F2N3O3S2. The van der Waals surface area contributed by atoms with E-state index < -0.39 is 27.6 Å². The Hall–Kier alpha value is -2.69. The second-order valence-corrected chi connectivity index (χ2v) is 9.63. The number of carbonyl (C=O) groups excluding carboxylic acids is 1. The Balaban J connectivity index is 1.66. The first-order valence-electron chi connectivity index (χ1n) is 8.96. The zero-order valence-electron chi connectivity index (χ0n) is 16.1. The van der Waals surface area contributed by atoms with Crippen LogP contribution in [0.3, 0.4) is 0 Å². The minimum atomic E-state index is -3.64. The van der Waals surface area contributed by atoms with Crippen LogP contribution in [0, 0.1) is 11.6 Å². The van der Waals surface area contributed by atoms with Crippen molar-refractivity contribution in [2.45, 2.75) is 31.2 Å². The van der Waals surface area contributed by atoms with Gasteiger partial charge in [-0.25, -0.2) is 26.9 Å². The van der Waals surface area contributed by atoms with Crippen LogP contribution in [-0.4, -0.2) is 25.4 Å². The summed E-state index contributed by atoms with van der Waals surface area (Å²) in [6, 6.07) is 8.64. The van der Waals surface area contributed by atoms with Crippen molar-refractivity contribution in [3.63, 3.8) is 0 Å². The molecule has 0 saturated carbocycles. The Labute approximate surface area is 177 Å². The van der Waals surface area contributed by atoms with Crippen LogP contribution in [0.2, 0.25) is 0 Å². The highest BCUT2D eigenvalue weighted by Gasteiger charge is 2.17. The monoisotopic (exact) mass is 451 g/mol. The second kappa shape index (κ2) is 8.99. The van der Waals surface area contributed by atoms with Gasteiger partial charge >= 0.3 is 0 Å². The van der Waals surface area contributed by atoms with E-state index in [2.05, 4.69) is 15.0 Å². The highest BCUT2D eigenvalue weighted by atomic mass is 32.2.